The van der Waals surface area contributed by atoms with Gasteiger partial charge in [-0.1, -0.05) is 24.3 Å². The first kappa shape index (κ1) is 8.21. The van der Waals surface area contributed by atoms with Crippen molar-refractivity contribution in [3.63, 3.8) is 0 Å². The van der Waals surface area contributed by atoms with E-state index < -0.39 is 0 Å². The summed E-state index contributed by atoms with van der Waals surface area (Å²) < 4.78 is 0. The maximum atomic E-state index is 5.83. The van der Waals surface area contributed by atoms with E-state index in [9.17, 15) is 0 Å². The maximum Gasteiger partial charge on any atom is 0.0384 e. The van der Waals surface area contributed by atoms with E-state index in [1.54, 1.807) is 0 Å². The summed E-state index contributed by atoms with van der Waals surface area (Å²) in [6.45, 7) is 0.709. The monoisotopic (exact) mass is 201 g/mol. The molecule has 0 spiro atoms. The summed E-state index contributed by atoms with van der Waals surface area (Å²) in [4.78, 5) is 1.41. The molecule has 14 heavy (non-hydrogen) atoms. The van der Waals surface area contributed by atoms with Gasteiger partial charge in [0.2, 0.25) is 0 Å². The molecule has 1 aliphatic carbocycles. The van der Waals surface area contributed by atoms with Gasteiger partial charge < -0.3 is 5.73 Å². The fourth-order valence-electron chi connectivity index (χ4n) is 2.24. The van der Waals surface area contributed by atoms with Gasteiger partial charge in [0.25, 0.3) is 0 Å². The van der Waals surface area contributed by atoms with E-state index in [0.717, 1.165) is 0 Å². The minimum Gasteiger partial charge on any atom is -0.330 e. The highest BCUT2D eigenvalue weighted by atomic mass is 32.1. The van der Waals surface area contributed by atoms with E-state index in [1.165, 1.54) is 21.6 Å². The van der Waals surface area contributed by atoms with Gasteiger partial charge in [0, 0.05) is 17.3 Å². The lowest BCUT2D eigenvalue weighted by atomic mass is 9.98. The van der Waals surface area contributed by atoms with E-state index in [0.29, 0.717) is 12.5 Å². The molecule has 0 amide bonds. The topological polar surface area (TPSA) is 26.0 Å². The number of thiophene rings is 1. The second-order valence-electron chi connectivity index (χ2n) is 3.58. The van der Waals surface area contributed by atoms with Gasteiger partial charge in [-0.2, -0.15) is 0 Å². The maximum absolute atomic E-state index is 5.83. The molecule has 0 fully saturated rings. The predicted molar refractivity (Wildman–Crippen MR) is 60.7 cm³/mol. The lowest BCUT2D eigenvalue weighted by molar-refractivity contribution is 0.843. The summed E-state index contributed by atoms with van der Waals surface area (Å²) in [5.41, 5.74) is 10.0. The SMILES string of the molecule is NCC1c2ccccc2-c2sccc21. The highest BCUT2D eigenvalue weighted by Crippen LogP contribution is 2.46. The van der Waals surface area contributed by atoms with Crippen LogP contribution >= 0.6 is 11.3 Å². The molecule has 2 aromatic rings. The Kier molecular flexibility index (Phi) is 1.72. The van der Waals surface area contributed by atoms with Crippen LogP contribution < -0.4 is 5.73 Å². The standard InChI is InChI=1S/C12H11NS/c13-7-11-8-3-1-2-4-9(8)12-10(11)5-6-14-12/h1-6,11H,7,13H2. The van der Waals surface area contributed by atoms with Crippen molar-refractivity contribution in [1.82, 2.24) is 0 Å². The van der Waals surface area contributed by atoms with Gasteiger partial charge >= 0.3 is 0 Å². The molecular weight excluding hydrogens is 190 g/mol. The average Bonchev–Trinajstić information content (AvgIpc) is 2.77. The minimum atomic E-state index is 0.424. The summed E-state index contributed by atoms with van der Waals surface area (Å²) in [6, 6.07) is 10.8. The first-order valence-electron chi connectivity index (χ1n) is 4.78. The third-order valence-corrected chi connectivity index (χ3v) is 3.85. The van der Waals surface area contributed by atoms with Crippen LogP contribution in [0.5, 0.6) is 0 Å². The average molecular weight is 201 g/mol. The Hall–Kier alpha value is -1.12. The normalized spacial score (nSPS) is 17.9. The lowest BCUT2D eigenvalue weighted by Crippen LogP contribution is -2.10. The molecule has 1 nitrogen and oxygen atoms in total. The molecule has 2 heteroatoms. The van der Waals surface area contributed by atoms with Crippen molar-refractivity contribution < 1.29 is 0 Å². The van der Waals surface area contributed by atoms with Crippen LogP contribution in [0.2, 0.25) is 0 Å². The Morgan fingerprint density at radius 1 is 1.14 bits per heavy atom. The molecule has 0 aliphatic heterocycles. The minimum absolute atomic E-state index is 0.424. The number of fused-ring (bicyclic) bond motifs is 3. The van der Waals surface area contributed by atoms with E-state index in [1.807, 2.05) is 11.3 Å². The zero-order valence-electron chi connectivity index (χ0n) is 7.73. The molecular formula is C12H11NS. The Balaban J connectivity index is 2.30. The smallest absolute Gasteiger partial charge is 0.0384 e. The molecule has 1 atom stereocenters. The number of rotatable bonds is 1. The summed E-state index contributed by atoms with van der Waals surface area (Å²) in [5, 5.41) is 2.16. The third kappa shape index (κ3) is 0.925. The van der Waals surface area contributed by atoms with Gasteiger partial charge in [-0.3, -0.25) is 0 Å². The molecule has 1 aromatic heterocycles. The second-order valence-corrected chi connectivity index (χ2v) is 4.50. The number of nitrogens with two attached hydrogens (primary N) is 1. The number of benzene rings is 1. The summed E-state index contributed by atoms with van der Waals surface area (Å²) in [5.74, 6) is 0.424. The van der Waals surface area contributed by atoms with Crippen LogP contribution in [0.3, 0.4) is 0 Å². The van der Waals surface area contributed by atoms with Crippen LogP contribution in [-0.4, -0.2) is 6.54 Å². The molecule has 0 saturated carbocycles. The van der Waals surface area contributed by atoms with Gasteiger partial charge in [0.15, 0.2) is 0 Å². The van der Waals surface area contributed by atoms with Crippen molar-refractivity contribution in [3.05, 3.63) is 46.8 Å². The third-order valence-electron chi connectivity index (χ3n) is 2.89. The van der Waals surface area contributed by atoms with Crippen LogP contribution in [0, 0.1) is 0 Å². The fraction of sp³-hybridized carbons (Fsp3) is 0.167. The molecule has 2 N–H and O–H groups in total. The molecule has 70 valence electrons. The van der Waals surface area contributed by atoms with E-state index in [-0.39, 0.29) is 0 Å². The zero-order chi connectivity index (χ0) is 9.54. The summed E-state index contributed by atoms with van der Waals surface area (Å²) >= 11 is 1.82. The Morgan fingerprint density at radius 2 is 2.00 bits per heavy atom. The number of hydrogen-bond donors (Lipinski definition) is 1. The van der Waals surface area contributed by atoms with Crippen LogP contribution in [0.15, 0.2) is 35.7 Å². The van der Waals surface area contributed by atoms with E-state index >= 15 is 0 Å². The largest absolute Gasteiger partial charge is 0.330 e. The molecule has 1 unspecified atom stereocenters. The van der Waals surface area contributed by atoms with Gasteiger partial charge in [-0.05, 0) is 28.1 Å². The lowest BCUT2D eigenvalue weighted by Gasteiger charge is -2.08. The van der Waals surface area contributed by atoms with Crippen molar-refractivity contribution >= 4 is 11.3 Å². The van der Waals surface area contributed by atoms with E-state index in [2.05, 4.69) is 35.7 Å². The summed E-state index contributed by atoms with van der Waals surface area (Å²) in [7, 11) is 0. The van der Waals surface area contributed by atoms with Crippen LogP contribution in [0.1, 0.15) is 17.0 Å². The van der Waals surface area contributed by atoms with Gasteiger partial charge in [0.05, 0.1) is 0 Å². The van der Waals surface area contributed by atoms with Gasteiger partial charge in [0.1, 0.15) is 0 Å². The molecule has 1 aromatic carbocycles. The Bertz CT molecular complexity index is 473. The highest BCUT2D eigenvalue weighted by molar-refractivity contribution is 7.13. The predicted octanol–water partition coefficient (Wildman–Crippen LogP) is 2.82. The molecule has 1 aliphatic rings. The Morgan fingerprint density at radius 3 is 2.86 bits per heavy atom. The first-order chi connectivity index (χ1) is 6.92. The molecule has 3 rings (SSSR count). The fourth-order valence-corrected chi connectivity index (χ4v) is 3.25. The van der Waals surface area contributed by atoms with Crippen molar-refractivity contribution in [1.29, 1.82) is 0 Å². The molecule has 0 radical (unpaired) electrons. The molecule has 0 bridgehead atoms. The van der Waals surface area contributed by atoms with Gasteiger partial charge in [-0.25, -0.2) is 0 Å². The first-order valence-corrected chi connectivity index (χ1v) is 5.66. The summed E-state index contributed by atoms with van der Waals surface area (Å²) in [6.07, 6.45) is 0. The van der Waals surface area contributed by atoms with Crippen molar-refractivity contribution in [2.24, 2.45) is 5.73 Å². The van der Waals surface area contributed by atoms with Crippen molar-refractivity contribution in [2.75, 3.05) is 6.54 Å². The Labute approximate surface area is 87.2 Å². The molecule has 1 heterocycles. The van der Waals surface area contributed by atoms with Crippen molar-refractivity contribution in [2.45, 2.75) is 5.92 Å². The number of hydrogen-bond acceptors (Lipinski definition) is 2. The molecule has 0 saturated heterocycles. The van der Waals surface area contributed by atoms with Crippen LogP contribution in [-0.2, 0) is 0 Å². The van der Waals surface area contributed by atoms with Crippen LogP contribution in [0.4, 0.5) is 0 Å². The van der Waals surface area contributed by atoms with Crippen molar-refractivity contribution in [3.8, 4) is 10.4 Å². The zero-order valence-corrected chi connectivity index (χ0v) is 8.55. The van der Waals surface area contributed by atoms with Crippen LogP contribution in [0.25, 0.3) is 10.4 Å². The quantitative estimate of drug-likeness (QED) is 0.754. The highest BCUT2D eigenvalue weighted by Gasteiger charge is 2.27. The van der Waals surface area contributed by atoms with E-state index in [4.69, 9.17) is 5.73 Å². The second kappa shape index (κ2) is 2.94. The van der Waals surface area contributed by atoms with Gasteiger partial charge in [-0.15, -0.1) is 11.3 Å².